The molecule has 228 valence electrons. The molecule has 5 rings (SSSR count). The average molecular weight is 603 g/mol. The van der Waals surface area contributed by atoms with Gasteiger partial charge >= 0.3 is 6.18 Å². The quantitative estimate of drug-likeness (QED) is 0.194. The van der Waals surface area contributed by atoms with Gasteiger partial charge in [-0.25, -0.2) is 9.97 Å². The summed E-state index contributed by atoms with van der Waals surface area (Å²) in [7, 11) is 7.16. The van der Waals surface area contributed by atoms with Gasteiger partial charge in [-0.05, 0) is 80.0 Å². The first-order valence-electron chi connectivity index (χ1n) is 14.0. The number of nitrogens with two attached hydrogens (primary N) is 1. The molecule has 1 aromatic heterocycles. The van der Waals surface area contributed by atoms with Gasteiger partial charge in [0.1, 0.15) is 5.75 Å². The predicted octanol–water partition coefficient (Wildman–Crippen LogP) is 6.70. The van der Waals surface area contributed by atoms with E-state index in [1.165, 1.54) is 13.2 Å². The van der Waals surface area contributed by atoms with Crippen molar-refractivity contribution < 1.29 is 22.7 Å². The Morgan fingerprint density at radius 2 is 1.73 bits per heavy atom. The lowest BCUT2D eigenvalue weighted by atomic mass is 9.93. The van der Waals surface area contributed by atoms with Crippen molar-refractivity contribution in [2.45, 2.75) is 12.6 Å². The highest BCUT2D eigenvalue weighted by Gasteiger charge is 2.32. The minimum absolute atomic E-state index is 0.0504. The van der Waals surface area contributed by atoms with Crippen LogP contribution in [0.15, 0.2) is 72.9 Å². The van der Waals surface area contributed by atoms with Crippen molar-refractivity contribution in [3.8, 4) is 16.9 Å². The molecule has 0 saturated heterocycles. The first kappa shape index (κ1) is 30.6. The van der Waals surface area contributed by atoms with Gasteiger partial charge in [0.05, 0.1) is 35.1 Å². The average Bonchev–Trinajstić information content (AvgIpc) is 2.99. The van der Waals surface area contributed by atoms with Crippen molar-refractivity contribution in [1.29, 1.82) is 0 Å². The van der Waals surface area contributed by atoms with Gasteiger partial charge in [0, 0.05) is 30.6 Å². The first-order valence-corrected chi connectivity index (χ1v) is 14.0. The topological polar surface area (TPSA) is 96.6 Å². The number of benzene rings is 4. The third kappa shape index (κ3) is 6.37. The van der Waals surface area contributed by atoms with Crippen molar-refractivity contribution in [2.24, 2.45) is 0 Å². The number of carbonyl (C=O) groups is 1. The van der Waals surface area contributed by atoms with Gasteiger partial charge in [0.25, 0.3) is 5.91 Å². The zero-order valence-electron chi connectivity index (χ0n) is 24.9. The van der Waals surface area contributed by atoms with Gasteiger partial charge < -0.3 is 25.6 Å². The van der Waals surface area contributed by atoms with Crippen LogP contribution in [0.2, 0.25) is 0 Å². The van der Waals surface area contributed by atoms with E-state index in [1.54, 1.807) is 19.3 Å². The van der Waals surface area contributed by atoms with Crippen LogP contribution in [0.3, 0.4) is 0 Å². The van der Waals surface area contributed by atoms with Crippen LogP contribution in [-0.2, 0) is 6.18 Å². The Bertz CT molecular complexity index is 1840. The predicted molar refractivity (Wildman–Crippen MR) is 169 cm³/mol. The summed E-state index contributed by atoms with van der Waals surface area (Å²) in [5.41, 5.74) is 7.78. The van der Waals surface area contributed by atoms with Crippen molar-refractivity contribution >= 4 is 44.9 Å². The Kier molecular flexibility index (Phi) is 8.59. The molecule has 11 heteroatoms. The van der Waals surface area contributed by atoms with E-state index in [9.17, 15) is 18.0 Å². The molecule has 0 radical (unpaired) electrons. The summed E-state index contributed by atoms with van der Waals surface area (Å²) in [5.74, 6) is -0.129. The Morgan fingerprint density at radius 3 is 2.43 bits per heavy atom. The van der Waals surface area contributed by atoms with Crippen LogP contribution < -0.4 is 20.7 Å². The van der Waals surface area contributed by atoms with Gasteiger partial charge in [0.15, 0.2) is 0 Å². The summed E-state index contributed by atoms with van der Waals surface area (Å²) < 4.78 is 47.0. The summed E-state index contributed by atoms with van der Waals surface area (Å²) in [5, 5.41) is 5.03. The number of halogens is 3. The van der Waals surface area contributed by atoms with E-state index in [2.05, 4.69) is 15.3 Å². The van der Waals surface area contributed by atoms with Crippen LogP contribution in [0.4, 0.5) is 30.5 Å². The number of methoxy groups -OCH3 is 1. The summed E-state index contributed by atoms with van der Waals surface area (Å²) in [4.78, 5) is 26.2. The number of nitrogen functional groups attached to an aromatic ring is 1. The minimum atomic E-state index is -4.58. The van der Waals surface area contributed by atoms with Crippen LogP contribution in [0.1, 0.15) is 22.3 Å². The molecular weight excluding hydrogens is 569 g/mol. The van der Waals surface area contributed by atoms with Gasteiger partial charge in [-0.1, -0.05) is 30.3 Å². The highest BCUT2D eigenvalue weighted by atomic mass is 19.4. The zero-order chi connectivity index (χ0) is 31.6. The number of carbonyl (C=O) groups excluding carboxylic acids is 1. The van der Waals surface area contributed by atoms with Crippen LogP contribution in [0, 0.1) is 0 Å². The molecule has 0 aliphatic carbocycles. The lowest BCUT2D eigenvalue weighted by Crippen LogP contribution is -2.25. The normalized spacial score (nSPS) is 11.7. The van der Waals surface area contributed by atoms with Crippen molar-refractivity contribution in [1.82, 2.24) is 14.9 Å². The molecular formula is C33H33F3N6O2. The summed E-state index contributed by atoms with van der Waals surface area (Å²) in [6.07, 6.45) is -2.17. The minimum Gasteiger partial charge on any atom is -0.495 e. The largest absolute Gasteiger partial charge is 0.495 e. The van der Waals surface area contributed by atoms with Crippen LogP contribution in [-0.4, -0.2) is 62.1 Å². The number of ether oxygens (including phenoxy) is 1. The second-order valence-electron chi connectivity index (χ2n) is 10.8. The number of alkyl halides is 3. The number of amides is 1. The molecule has 0 spiro atoms. The Balaban J connectivity index is 1.60. The Morgan fingerprint density at radius 1 is 0.977 bits per heavy atom. The highest BCUT2D eigenvalue weighted by Crippen LogP contribution is 2.40. The molecule has 0 aliphatic rings. The van der Waals surface area contributed by atoms with Crippen molar-refractivity contribution in [2.75, 3.05) is 57.3 Å². The number of hydrogen-bond acceptors (Lipinski definition) is 7. The number of fused-ring (bicyclic) bond motifs is 2. The van der Waals surface area contributed by atoms with E-state index < -0.39 is 17.6 Å². The number of anilines is 3. The second kappa shape index (κ2) is 12.4. The number of nitrogens with zero attached hydrogens (tertiary/aromatic N) is 4. The molecule has 0 saturated carbocycles. The maximum atomic E-state index is 14.0. The molecule has 3 N–H and O–H groups in total. The fourth-order valence-electron chi connectivity index (χ4n) is 5.27. The van der Waals surface area contributed by atoms with Crippen molar-refractivity contribution in [3.05, 3.63) is 84.1 Å². The van der Waals surface area contributed by atoms with E-state index in [1.807, 2.05) is 66.4 Å². The zero-order valence-corrected chi connectivity index (χ0v) is 24.9. The molecule has 8 nitrogen and oxygen atoms in total. The fraction of sp³-hybridized carbons (Fsp3) is 0.242. The molecule has 0 bridgehead atoms. The van der Waals surface area contributed by atoms with E-state index >= 15 is 0 Å². The number of aromatic nitrogens is 2. The number of nitrogens with one attached hydrogen (secondary N) is 1. The Hall–Kier alpha value is -4.90. The monoisotopic (exact) mass is 602 g/mol. The van der Waals surface area contributed by atoms with Gasteiger partial charge in [-0.15, -0.1) is 0 Å². The standard InChI is InChI=1S/C33H33F3N6O2/c1-41(2)14-7-15-42(3)29-13-11-22(33(34,35)36)17-28(29)39-31(43)26-18-25(23-8-5-6-9-24(23)30(26)44-4)20-10-12-27-21(16-20)19-38-32(37)40-27/h5-6,8-13,16-19H,7,14-15H2,1-4H3,(H,39,43)(H2,37,38,40). The molecule has 1 heterocycles. The van der Waals surface area contributed by atoms with Gasteiger partial charge in [0.2, 0.25) is 5.95 Å². The van der Waals surface area contributed by atoms with E-state index in [-0.39, 0.29) is 17.2 Å². The number of hydrogen-bond donors (Lipinski definition) is 2. The lowest BCUT2D eigenvalue weighted by molar-refractivity contribution is -0.137. The van der Waals surface area contributed by atoms with E-state index in [0.29, 0.717) is 28.9 Å². The van der Waals surface area contributed by atoms with Crippen LogP contribution in [0.25, 0.3) is 32.8 Å². The fourth-order valence-corrected chi connectivity index (χ4v) is 5.27. The summed E-state index contributed by atoms with van der Waals surface area (Å²) >= 11 is 0. The number of rotatable bonds is 9. The smallest absolute Gasteiger partial charge is 0.416 e. The van der Waals surface area contributed by atoms with Gasteiger partial charge in [-0.2, -0.15) is 13.2 Å². The van der Waals surface area contributed by atoms with E-state index in [0.717, 1.165) is 47.0 Å². The summed E-state index contributed by atoms with van der Waals surface area (Å²) in [6.45, 7) is 1.38. The van der Waals surface area contributed by atoms with Crippen LogP contribution >= 0.6 is 0 Å². The lowest BCUT2D eigenvalue weighted by Gasteiger charge is -2.25. The third-order valence-corrected chi connectivity index (χ3v) is 7.44. The maximum absolute atomic E-state index is 14.0. The first-order chi connectivity index (χ1) is 21.0. The molecule has 1 amide bonds. The van der Waals surface area contributed by atoms with Crippen molar-refractivity contribution in [3.63, 3.8) is 0 Å². The molecule has 0 aliphatic heterocycles. The molecule has 44 heavy (non-hydrogen) atoms. The highest BCUT2D eigenvalue weighted by molar-refractivity contribution is 6.14. The molecule has 0 atom stereocenters. The molecule has 0 fully saturated rings. The molecule has 0 unspecified atom stereocenters. The second-order valence-corrected chi connectivity index (χ2v) is 10.8. The Labute approximate surface area is 253 Å². The molecule has 4 aromatic carbocycles. The van der Waals surface area contributed by atoms with Crippen LogP contribution in [0.5, 0.6) is 5.75 Å². The maximum Gasteiger partial charge on any atom is 0.416 e. The SMILES string of the molecule is COc1c(C(=O)Nc2cc(C(F)(F)F)ccc2N(C)CCCN(C)C)cc(-c2ccc3nc(N)ncc3c2)c2ccccc12. The molecule has 5 aromatic rings. The van der Waals surface area contributed by atoms with E-state index in [4.69, 9.17) is 10.5 Å². The summed E-state index contributed by atoms with van der Waals surface area (Å²) in [6, 6.07) is 18.2. The third-order valence-electron chi connectivity index (χ3n) is 7.44. The van der Waals surface area contributed by atoms with Gasteiger partial charge in [-0.3, -0.25) is 4.79 Å².